The Morgan fingerprint density at radius 3 is 2.26 bits per heavy atom. The molecule has 7 heteroatoms. The van der Waals surface area contributed by atoms with Gasteiger partial charge in [0.05, 0.1) is 0 Å². The van der Waals surface area contributed by atoms with E-state index in [4.69, 9.17) is 6.42 Å². The van der Waals surface area contributed by atoms with E-state index in [2.05, 4.69) is 15.4 Å². The minimum Gasteiger partial charge on any atom is -0.483 e. The summed E-state index contributed by atoms with van der Waals surface area (Å²) in [5.74, 6) is -2.30. The van der Waals surface area contributed by atoms with Gasteiger partial charge in [0.2, 0.25) is 0 Å². The van der Waals surface area contributed by atoms with Gasteiger partial charge in [-0.1, -0.05) is 5.92 Å². The Morgan fingerprint density at radius 1 is 1.16 bits per heavy atom. The second kappa shape index (κ2) is 5.34. The number of hydrogen-bond acceptors (Lipinski definition) is 2. The van der Waals surface area contributed by atoms with E-state index in [1.165, 1.54) is 6.07 Å². The van der Waals surface area contributed by atoms with Gasteiger partial charge in [0.25, 0.3) is 5.92 Å². The van der Waals surface area contributed by atoms with Crippen molar-refractivity contribution in [2.24, 2.45) is 0 Å². The van der Waals surface area contributed by atoms with Crippen LogP contribution in [-0.4, -0.2) is 18.9 Å². The highest BCUT2D eigenvalue weighted by Gasteiger charge is 2.33. The van der Waals surface area contributed by atoms with Gasteiger partial charge >= 0.3 is 6.36 Å². The van der Waals surface area contributed by atoms with Crippen LogP contribution >= 0.6 is 0 Å². The van der Waals surface area contributed by atoms with Crippen LogP contribution < -0.4 is 9.47 Å². The topological polar surface area (TPSA) is 18.5 Å². The Bertz CT molecular complexity index is 482. The van der Waals surface area contributed by atoms with E-state index < -0.39 is 30.4 Å². The molecule has 0 heterocycles. The quantitative estimate of drug-likeness (QED) is 0.619. The maximum absolute atomic E-state index is 12.6. The van der Waals surface area contributed by atoms with Gasteiger partial charge in [-0.3, -0.25) is 0 Å². The molecule has 0 saturated carbocycles. The summed E-state index contributed by atoms with van der Waals surface area (Å²) in [6, 6.07) is 3.19. The van der Waals surface area contributed by atoms with Gasteiger partial charge in [0, 0.05) is 18.6 Å². The van der Waals surface area contributed by atoms with E-state index in [0.717, 1.165) is 12.1 Å². The summed E-state index contributed by atoms with van der Waals surface area (Å²) in [6.07, 6.45) is 0.0560. The zero-order chi connectivity index (χ0) is 14.7. The van der Waals surface area contributed by atoms with Crippen molar-refractivity contribution in [2.45, 2.75) is 19.2 Å². The first-order chi connectivity index (χ1) is 8.61. The number of alkyl halides is 5. The maximum atomic E-state index is 12.6. The van der Waals surface area contributed by atoms with Crippen molar-refractivity contribution in [1.82, 2.24) is 0 Å². The molecule has 104 valence electrons. The van der Waals surface area contributed by atoms with Crippen molar-refractivity contribution < 1.29 is 31.4 Å². The molecule has 1 rings (SSSR count). The molecule has 0 amide bonds. The third kappa shape index (κ3) is 5.46. The summed E-state index contributed by atoms with van der Waals surface area (Å²) in [5, 5.41) is 0. The number of terminal acetylenes is 1. The zero-order valence-electron chi connectivity index (χ0n) is 9.72. The summed E-state index contributed by atoms with van der Waals surface area (Å²) >= 11 is 0. The Labute approximate surface area is 106 Å². The number of ether oxygens (including phenoxy) is 2. The van der Waals surface area contributed by atoms with Gasteiger partial charge in [0.1, 0.15) is 0 Å². The van der Waals surface area contributed by atoms with Crippen LogP contribution in [0.2, 0.25) is 0 Å². The molecule has 0 radical (unpaired) electrons. The first-order valence-electron chi connectivity index (χ1n) is 4.98. The van der Waals surface area contributed by atoms with Gasteiger partial charge in [-0.25, -0.2) is 8.78 Å². The standard InChI is InChI=1S/C12H9F5O2/c1-3-8-4-5-9(18-7-11(2,13)14)10(6-8)19-12(15,16)17/h1,4-6H,7H2,2H3. The first kappa shape index (κ1) is 15.1. The Kier molecular flexibility index (Phi) is 4.24. The van der Waals surface area contributed by atoms with E-state index in [1.54, 1.807) is 0 Å². The smallest absolute Gasteiger partial charge is 0.483 e. The van der Waals surface area contributed by atoms with Gasteiger partial charge < -0.3 is 9.47 Å². The van der Waals surface area contributed by atoms with Crippen molar-refractivity contribution in [3.8, 4) is 23.8 Å². The first-order valence-corrected chi connectivity index (χ1v) is 4.98. The minimum atomic E-state index is -4.97. The fourth-order valence-electron chi connectivity index (χ4n) is 1.13. The molecule has 0 unspecified atom stereocenters. The highest BCUT2D eigenvalue weighted by atomic mass is 19.4. The number of hydrogen-bond donors (Lipinski definition) is 0. The molecule has 0 saturated heterocycles. The minimum absolute atomic E-state index is 0.106. The Balaban J connectivity index is 2.99. The second-order valence-corrected chi connectivity index (χ2v) is 3.71. The predicted octanol–water partition coefficient (Wildman–Crippen LogP) is 3.60. The van der Waals surface area contributed by atoms with E-state index in [9.17, 15) is 22.0 Å². The van der Waals surface area contributed by atoms with Crippen LogP contribution in [0.5, 0.6) is 11.5 Å². The van der Waals surface area contributed by atoms with E-state index in [1.807, 2.05) is 0 Å². The highest BCUT2D eigenvalue weighted by molar-refractivity contribution is 5.47. The molecule has 0 spiro atoms. The molecule has 0 bridgehead atoms. The molecular formula is C12H9F5O2. The summed E-state index contributed by atoms with van der Waals surface area (Å²) in [6.45, 7) is -0.496. The molecule has 0 aliphatic rings. The Morgan fingerprint density at radius 2 is 1.79 bits per heavy atom. The molecule has 2 nitrogen and oxygen atoms in total. The fourth-order valence-corrected chi connectivity index (χ4v) is 1.13. The molecule has 0 aliphatic heterocycles. The normalized spacial score (nSPS) is 11.8. The molecule has 0 aliphatic carbocycles. The molecule has 0 atom stereocenters. The van der Waals surface area contributed by atoms with Crippen molar-refractivity contribution in [3.05, 3.63) is 23.8 Å². The van der Waals surface area contributed by atoms with Crippen molar-refractivity contribution in [1.29, 1.82) is 0 Å². The number of rotatable bonds is 4. The molecular weight excluding hydrogens is 271 g/mol. The second-order valence-electron chi connectivity index (χ2n) is 3.71. The van der Waals surface area contributed by atoms with Crippen LogP contribution in [0.25, 0.3) is 0 Å². The third-order valence-corrected chi connectivity index (χ3v) is 1.82. The number of benzene rings is 1. The van der Waals surface area contributed by atoms with Crippen LogP contribution in [0.15, 0.2) is 18.2 Å². The summed E-state index contributed by atoms with van der Waals surface area (Å²) in [4.78, 5) is 0. The molecule has 0 N–H and O–H groups in total. The lowest BCUT2D eigenvalue weighted by Gasteiger charge is -2.16. The van der Waals surface area contributed by atoms with Crippen LogP contribution in [-0.2, 0) is 0 Å². The van der Waals surface area contributed by atoms with Crippen molar-refractivity contribution >= 4 is 0 Å². The molecule has 1 aromatic carbocycles. The van der Waals surface area contributed by atoms with Crippen molar-refractivity contribution in [2.75, 3.05) is 6.61 Å². The summed E-state index contributed by atoms with van der Waals surface area (Å²) < 4.78 is 69.9. The third-order valence-electron chi connectivity index (χ3n) is 1.82. The predicted molar refractivity (Wildman–Crippen MR) is 57.2 cm³/mol. The summed E-state index contributed by atoms with van der Waals surface area (Å²) in [7, 11) is 0. The highest BCUT2D eigenvalue weighted by Crippen LogP contribution is 2.33. The zero-order valence-corrected chi connectivity index (χ0v) is 9.72. The monoisotopic (exact) mass is 280 g/mol. The lowest BCUT2D eigenvalue weighted by Crippen LogP contribution is -2.22. The lowest BCUT2D eigenvalue weighted by molar-refractivity contribution is -0.275. The average molecular weight is 280 g/mol. The van der Waals surface area contributed by atoms with Crippen LogP contribution in [0.4, 0.5) is 22.0 Å². The maximum Gasteiger partial charge on any atom is 0.573 e. The molecule has 0 aromatic heterocycles. The van der Waals surface area contributed by atoms with Crippen LogP contribution in [0.1, 0.15) is 12.5 Å². The Hall–Kier alpha value is -1.97. The fraction of sp³-hybridized carbons (Fsp3) is 0.333. The van der Waals surface area contributed by atoms with Gasteiger partial charge in [-0.05, 0) is 12.1 Å². The van der Waals surface area contributed by atoms with Gasteiger partial charge in [-0.2, -0.15) is 0 Å². The largest absolute Gasteiger partial charge is 0.573 e. The van der Waals surface area contributed by atoms with Gasteiger partial charge in [-0.15, -0.1) is 19.6 Å². The van der Waals surface area contributed by atoms with Gasteiger partial charge in [0.15, 0.2) is 18.1 Å². The van der Waals surface area contributed by atoms with E-state index in [0.29, 0.717) is 6.92 Å². The van der Waals surface area contributed by atoms with Crippen LogP contribution in [0.3, 0.4) is 0 Å². The van der Waals surface area contributed by atoms with E-state index >= 15 is 0 Å². The molecule has 1 aromatic rings. The van der Waals surface area contributed by atoms with Crippen LogP contribution in [0, 0.1) is 12.3 Å². The SMILES string of the molecule is C#Cc1ccc(OCC(C)(F)F)c(OC(F)(F)F)c1. The van der Waals surface area contributed by atoms with Crippen molar-refractivity contribution in [3.63, 3.8) is 0 Å². The lowest BCUT2D eigenvalue weighted by atomic mass is 10.2. The molecule has 0 fully saturated rings. The molecule has 19 heavy (non-hydrogen) atoms. The summed E-state index contributed by atoms with van der Waals surface area (Å²) in [5.41, 5.74) is 0.106. The average Bonchev–Trinajstić information content (AvgIpc) is 2.24. The number of halogens is 5. The van der Waals surface area contributed by atoms with E-state index in [-0.39, 0.29) is 5.56 Å².